The molecule has 0 bridgehead atoms. The molecule has 4 nitrogen and oxygen atoms in total. The van der Waals surface area contributed by atoms with E-state index in [9.17, 15) is 14.3 Å². The zero-order chi connectivity index (χ0) is 15.9. The van der Waals surface area contributed by atoms with E-state index in [1.807, 2.05) is 13.8 Å². The van der Waals surface area contributed by atoms with Gasteiger partial charge >= 0.3 is 0 Å². The van der Waals surface area contributed by atoms with Gasteiger partial charge in [-0.15, -0.1) is 0 Å². The topological polar surface area (TPSA) is 58.6 Å². The van der Waals surface area contributed by atoms with Gasteiger partial charge in [-0.2, -0.15) is 0 Å². The Morgan fingerprint density at radius 1 is 1.33 bits per heavy atom. The van der Waals surface area contributed by atoms with Crippen LogP contribution in [-0.2, 0) is 4.79 Å². The first-order valence-corrected chi connectivity index (χ1v) is 7.27. The van der Waals surface area contributed by atoms with Crippen LogP contribution in [0.1, 0.15) is 33.6 Å². The minimum absolute atomic E-state index is 0.0352. The monoisotopic (exact) mass is 297 g/mol. The van der Waals surface area contributed by atoms with E-state index < -0.39 is 6.10 Å². The van der Waals surface area contributed by atoms with E-state index in [1.165, 1.54) is 24.3 Å². The van der Waals surface area contributed by atoms with Crippen LogP contribution >= 0.6 is 0 Å². The van der Waals surface area contributed by atoms with Gasteiger partial charge in [0, 0.05) is 12.0 Å². The number of amides is 1. The predicted molar refractivity (Wildman–Crippen MR) is 79.6 cm³/mol. The summed E-state index contributed by atoms with van der Waals surface area (Å²) in [5.41, 5.74) is -0.286. The van der Waals surface area contributed by atoms with Gasteiger partial charge in [0.05, 0.1) is 6.61 Å². The summed E-state index contributed by atoms with van der Waals surface area (Å²) in [4.78, 5) is 12.0. The molecule has 0 aromatic heterocycles. The third kappa shape index (κ3) is 5.01. The highest BCUT2D eigenvalue weighted by molar-refractivity contribution is 5.80. The predicted octanol–water partition coefficient (Wildman–Crippen LogP) is 2.51. The molecule has 5 heteroatoms. The van der Waals surface area contributed by atoms with Crippen LogP contribution in [0.3, 0.4) is 0 Å². The number of carbonyl (C=O) groups excluding carboxylic acids is 1. The Bertz CT molecular complexity index is 435. The van der Waals surface area contributed by atoms with Crippen LogP contribution in [0.25, 0.3) is 0 Å². The third-order valence-corrected chi connectivity index (χ3v) is 3.97. The summed E-state index contributed by atoms with van der Waals surface area (Å²) in [7, 11) is 0. The molecule has 1 atom stereocenters. The summed E-state index contributed by atoms with van der Waals surface area (Å²) in [5, 5.41) is 12.3. The van der Waals surface area contributed by atoms with Crippen molar-refractivity contribution >= 4 is 5.91 Å². The SMILES string of the molecule is CCC(CC)(CO)CNC(=O)C(C)Oc1ccc(F)cc1. The summed E-state index contributed by atoms with van der Waals surface area (Å²) in [6.45, 7) is 6.06. The molecule has 1 unspecified atom stereocenters. The van der Waals surface area contributed by atoms with E-state index in [-0.39, 0.29) is 23.7 Å². The molecular formula is C16H24FNO3. The van der Waals surface area contributed by atoms with Crippen molar-refractivity contribution in [2.75, 3.05) is 13.2 Å². The fraction of sp³-hybridized carbons (Fsp3) is 0.562. The maximum atomic E-state index is 12.8. The molecule has 0 heterocycles. The van der Waals surface area contributed by atoms with Crippen LogP contribution in [0.5, 0.6) is 5.75 Å². The number of aliphatic hydroxyl groups excluding tert-OH is 1. The van der Waals surface area contributed by atoms with Crippen molar-refractivity contribution < 1.29 is 19.0 Å². The van der Waals surface area contributed by atoms with Gasteiger partial charge in [0.15, 0.2) is 6.10 Å². The number of aliphatic hydroxyl groups is 1. The van der Waals surface area contributed by atoms with Crippen molar-refractivity contribution in [1.29, 1.82) is 0 Å². The Labute approximate surface area is 125 Å². The van der Waals surface area contributed by atoms with E-state index >= 15 is 0 Å². The Morgan fingerprint density at radius 3 is 2.38 bits per heavy atom. The second kappa shape index (κ2) is 7.98. The lowest BCUT2D eigenvalue weighted by Crippen LogP contribution is -2.44. The normalized spacial score (nSPS) is 12.8. The molecule has 0 aliphatic carbocycles. The van der Waals surface area contributed by atoms with Gasteiger partial charge in [0.25, 0.3) is 5.91 Å². The Kier molecular flexibility index (Phi) is 6.62. The summed E-state index contributed by atoms with van der Waals surface area (Å²) in [5.74, 6) is -0.157. The molecule has 0 saturated heterocycles. The Balaban J connectivity index is 2.53. The Hall–Kier alpha value is -1.62. The van der Waals surface area contributed by atoms with E-state index in [2.05, 4.69) is 5.32 Å². The van der Waals surface area contributed by atoms with E-state index in [4.69, 9.17) is 4.74 Å². The van der Waals surface area contributed by atoms with Crippen molar-refractivity contribution in [3.63, 3.8) is 0 Å². The molecule has 1 aromatic carbocycles. The van der Waals surface area contributed by atoms with Crippen LogP contribution in [0.4, 0.5) is 4.39 Å². The van der Waals surface area contributed by atoms with Crippen LogP contribution in [0, 0.1) is 11.2 Å². The van der Waals surface area contributed by atoms with Gasteiger partial charge in [-0.25, -0.2) is 4.39 Å². The summed E-state index contributed by atoms with van der Waals surface area (Å²) >= 11 is 0. The van der Waals surface area contributed by atoms with Gasteiger partial charge in [0.1, 0.15) is 11.6 Å². The molecule has 21 heavy (non-hydrogen) atoms. The van der Waals surface area contributed by atoms with E-state index in [1.54, 1.807) is 6.92 Å². The number of ether oxygens (including phenoxy) is 1. The van der Waals surface area contributed by atoms with Crippen molar-refractivity contribution in [1.82, 2.24) is 5.32 Å². The van der Waals surface area contributed by atoms with Crippen LogP contribution in [0.15, 0.2) is 24.3 Å². The lowest BCUT2D eigenvalue weighted by atomic mass is 9.83. The molecule has 0 spiro atoms. The summed E-state index contributed by atoms with van der Waals surface area (Å²) in [6.07, 6.45) is 0.890. The van der Waals surface area contributed by atoms with Crippen LogP contribution in [-0.4, -0.2) is 30.3 Å². The minimum atomic E-state index is -0.680. The average molecular weight is 297 g/mol. The molecule has 0 aliphatic rings. The van der Waals surface area contributed by atoms with Gasteiger partial charge in [0.2, 0.25) is 0 Å². The second-order valence-electron chi connectivity index (χ2n) is 5.30. The van der Waals surface area contributed by atoms with Gasteiger partial charge in [-0.3, -0.25) is 4.79 Å². The van der Waals surface area contributed by atoms with Gasteiger partial charge in [-0.1, -0.05) is 13.8 Å². The maximum Gasteiger partial charge on any atom is 0.260 e. The van der Waals surface area contributed by atoms with Crippen LogP contribution in [0.2, 0.25) is 0 Å². The fourth-order valence-electron chi connectivity index (χ4n) is 1.97. The second-order valence-corrected chi connectivity index (χ2v) is 5.30. The lowest BCUT2D eigenvalue weighted by molar-refractivity contribution is -0.128. The number of hydrogen-bond donors (Lipinski definition) is 2. The number of nitrogens with one attached hydrogen (secondary N) is 1. The van der Waals surface area contributed by atoms with Crippen molar-refractivity contribution in [3.05, 3.63) is 30.1 Å². The highest BCUT2D eigenvalue weighted by Gasteiger charge is 2.27. The summed E-state index contributed by atoms with van der Waals surface area (Å²) in [6, 6.07) is 5.53. The first-order valence-electron chi connectivity index (χ1n) is 7.27. The number of halogens is 1. The van der Waals surface area contributed by atoms with E-state index in [0.29, 0.717) is 12.3 Å². The molecule has 118 valence electrons. The lowest BCUT2D eigenvalue weighted by Gasteiger charge is -2.30. The van der Waals surface area contributed by atoms with Gasteiger partial charge < -0.3 is 15.2 Å². The van der Waals surface area contributed by atoms with E-state index in [0.717, 1.165) is 12.8 Å². The molecule has 0 aliphatic heterocycles. The van der Waals surface area contributed by atoms with Crippen molar-refractivity contribution in [3.8, 4) is 5.75 Å². The molecule has 1 amide bonds. The zero-order valence-corrected chi connectivity index (χ0v) is 12.9. The first-order chi connectivity index (χ1) is 9.96. The minimum Gasteiger partial charge on any atom is -0.481 e. The fourth-order valence-corrected chi connectivity index (χ4v) is 1.97. The molecule has 0 saturated carbocycles. The molecule has 0 fully saturated rings. The average Bonchev–Trinajstić information content (AvgIpc) is 2.51. The molecular weight excluding hydrogens is 273 g/mol. The number of rotatable bonds is 8. The van der Waals surface area contributed by atoms with Crippen molar-refractivity contribution in [2.45, 2.75) is 39.7 Å². The summed E-state index contributed by atoms with van der Waals surface area (Å²) < 4.78 is 18.2. The number of benzene rings is 1. The Morgan fingerprint density at radius 2 is 1.90 bits per heavy atom. The first kappa shape index (κ1) is 17.4. The highest BCUT2D eigenvalue weighted by Crippen LogP contribution is 2.24. The quantitative estimate of drug-likeness (QED) is 0.775. The number of carbonyl (C=O) groups is 1. The molecule has 1 rings (SSSR count). The number of hydrogen-bond acceptors (Lipinski definition) is 3. The molecule has 2 N–H and O–H groups in total. The standard InChI is InChI=1S/C16H24FNO3/c1-4-16(5-2,11-19)10-18-15(20)12(3)21-14-8-6-13(17)7-9-14/h6-9,12,19H,4-5,10-11H2,1-3H3,(H,18,20). The zero-order valence-electron chi connectivity index (χ0n) is 12.9. The third-order valence-electron chi connectivity index (χ3n) is 3.97. The molecule has 0 radical (unpaired) electrons. The largest absolute Gasteiger partial charge is 0.481 e. The highest BCUT2D eigenvalue weighted by atomic mass is 19.1. The van der Waals surface area contributed by atoms with Crippen molar-refractivity contribution in [2.24, 2.45) is 5.41 Å². The molecule has 1 aromatic rings. The van der Waals surface area contributed by atoms with Gasteiger partial charge in [-0.05, 0) is 44.0 Å². The van der Waals surface area contributed by atoms with Crippen LogP contribution < -0.4 is 10.1 Å². The maximum absolute atomic E-state index is 12.8. The smallest absolute Gasteiger partial charge is 0.260 e.